The second-order valence-electron chi connectivity index (χ2n) is 4.43. The number of imidazole rings is 1. The summed E-state index contributed by atoms with van der Waals surface area (Å²) < 4.78 is 42.4. The van der Waals surface area contributed by atoms with Crippen LogP contribution in [0.1, 0.15) is 0 Å². The van der Waals surface area contributed by atoms with E-state index in [1.807, 2.05) is 0 Å². The van der Waals surface area contributed by atoms with Gasteiger partial charge in [0.2, 0.25) is 0 Å². The van der Waals surface area contributed by atoms with Gasteiger partial charge in [0, 0.05) is 31.1 Å². The topological polar surface area (TPSA) is 39.9 Å². The summed E-state index contributed by atoms with van der Waals surface area (Å²) in [5.74, 6) is 0.385. The minimum absolute atomic E-state index is 0.265. The van der Waals surface area contributed by atoms with E-state index < -0.39 is 6.36 Å². The van der Waals surface area contributed by atoms with Crippen molar-refractivity contribution in [3.05, 3.63) is 42.7 Å². The first-order chi connectivity index (χ1) is 9.94. The van der Waals surface area contributed by atoms with Crippen molar-refractivity contribution < 1.29 is 17.9 Å². The number of alkyl halides is 3. The van der Waals surface area contributed by atoms with Crippen molar-refractivity contribution in [2.75, 3.05) is 0 Å². The summed E-state index contributed by atoms with van der Waals surface area (Å²) in [7, 11) is 1.74. The normalized spacial score (nSPS) is 11.8. The van der Waals surface area contributed by atoms with Crippen LogP contribution in [0.4, 0.5) is 13.2 Å². The molecule has 0 aliphatic carbocycles. The highest BCUT2D eigenvalue weighted by Gasteiger charge is 2.31. The quantitative estimate of drug-likeness (QED) is 0.725. The van der Waals surface area contributed by atoms with Crippen LogP contribution in [0.2, 0.25) is 0 Å². The maximum Gasteiger partial charge on any atom is 0.573 e. The Morgan fingerprint density at radius 3 is 2.48 bits per heavy atom. The molecule has 3 aromatic rings. The molecule has 0 saturated carbocycles. The molecule has 108 valence electrons. The highest BCUT2D eigenvalue weighted by molar-refractivity contribution is 5.81. The first kappa shape index (κ1) is 13.4. The maximum absolute atomic E-state index is 12.3. The standard InChI is InChI=1S/C14H10F3N3O/c1-20-12-8-10(21-14(15,16)17)2-3-11(12)19-13(20)9-4-6-18-7-5-9/h2-8H,1H3. The summed E-state index contributed by atoms with van der Waals surface area (Å²) >= 11 is 0. The Kier molecular flexibility index (Phi) is 3.04. The van der Waals surface area contributed by atoms with E-state index in [0.717, 1.165) is 5.56 Å². The molecule has 0 radical (unpaired) electrons. The Bertz CT molecular complexity index is 781. The highest BCUT2D eigenvalue weighted by Crippen LogP contribution is 2.29. The van der Waals surface area contributed by atoms with E-state index in [4.69, 9.17) is 0 Å². The summed E-state index contributed by atoms with van der Waals surface area (Å²) in [6.07, 6.45) is -1.44. The molecule has 1 aromatic carbocycles. The third kappa shape index (κ3) is 2.67. The lowest BCUT2D eigenvalue weighted by Crippen LogP contribution is -2.17. The Morgan fingerprint density at radius 1 is 1.10 bits per heavy atom. The molecule has 7 heteroatoms. The van der Waals surface area contributed by atoms with Crippen LogP contribution in [0.3, 0.4) is 0 Å². The number of hydrogen-bond acceptors (Lipinski definition) is 3. The zero-order valence-corrected chi connectivity index (χ0v) is 10.9. The Morgan fingerprint density at radius 2 is 1.81 bits per heavy atom. The smallest absolute Gasteiger partial charge is 0.406 e. The van der Waals surface area contributed by atoms with Crippen LogP contribution in [-0.2, 0) is 7.05 Å². The first-order valence-corrected chi connectivity index (χ1v) is 6.07. The molecule has 0 saturated heterocycles. The van der Waals surface area contributed by atoms with Gasteiger partial charge in [-0.25, -0.2) is 4.98 Å². The molecule has 0 N–H and O–H groups in total. The number of rotatable bonds is 2. The summed E-state index contributed by atoms with van der Waals surface area (Å²) in [6.45, 7) is 0. The van der Waals surface area contributed by atoms with Crippen molar-refractivity contribution in [2.24, 2.45) is 7.05 Å². The molecule has 0 unspecified atom stereocenters. The van der Waals surface area contributed by atoms with Gasteiger partial charge in [0.15, 0.2) is 0 Å². The van der Waals surface area contributed by atoms with Gasteiger partial charge >= 0.3 is 6.36 Å². The third-order valence-corrected chi connectivity index (χ3v) is 3.02. The number of halogens is 3. The van der Waals surface area contributed by atoms with E-state index in [2.05, 4.69) is 14.7 Å². The van der Waals surface area contributed by atoms with Crippen LogP contribution in [0.25, 0.3) is 22.4 Å². The van der Waals surface area contributed by atoms with Gasteiger partial charge in [-0.3, -0.25) is 4.98 Å². The lowest BCUT2D eigenvalue weighted by atomic mass is 10.2. The number of hydrogen-bond donors (Lipinski definition) is 0. The first-order valence-electron chi connectivity index (χ1n) is 6.07. The maximum atomic E-state index is 12.3. The van der Waals surface area contributed by atoms with E-state index >= 15 is 0 Å². The molecule has 0 fully saturated rings. The molecule has 0 atom stereocenters. The van der Waals surface area contributed by atoms with E-state index in [0.29, 0.717) is 16.9 Å². The second kappa shape index (κ2) is 4.76. The number of fused-ring (bicyclic) bond motifs is 1. The summed E-state index contributed by atoms with van der Waals surface area (Å²) in [4.78, 5) is 8.35. The molecule has 0 aliphatic rings. The molecule has 2 heterocycles. The zero-order valence-electron chi connectivity index (χ0n) is 10.9. The van der Waals surface area contributed by atoms with Crippen LogP contribution in [0.5, 0.6) is 5.75 Å². The van der Waals surface area contributed by atoms with Crippen LogP contribution in [0, 0.1) is 0 Å². The largest absolute Gasteiger partial charge is 0.573 e. The van der Waals surface area contributed by atoms with Crippen molar-refractivity contribution in [3.63, 3.8) is 0 Å². The van der Waals surface area contributed by atoms with E-state index in [-0.39, 0.29) is 5.75 Å². The van der Waals surface area contributed by atoms with Crippen molar-refractivity contribution in [3.8, 4) is 17.1 Å². The predicted octanol–water partition coefficient (Wildman–Crippen LogP) is 3.53. The number of benzene rings is 1. The van der Waals surface area contributed by atoms with Gasteiger partial charge in [0.25, 0.3) is 0 Å². The second-order valence-corrected chi connectivity index (χ2v) is 4.43. The van der Waals surface area contributed by atoms with Gasteiger partial charge in [0.1, 0.15) is 11.6 Å². The fourth-order valence-electron chi connectivity index (χ4n) is 2.13. The molecule has 0 aliphatic heterocycles. The number of pyridine rings is 1. The number of aromatic nitrogens is 3. The van der Waals surface area contributed by atoms with Gasteiger partial charge in [-0.1, -0.05) is 0 Å². The lowest BCUT2D eigenvalue weighted by Gasteiger charge is -2.08. The van der Waals surface area contributed by atoms with E-state index in [1.54, 1.807) is 36.1 Å². The Balaban J connectivity index is 2.09. The highest BCUT2D eigenvalue weighted by atomic mass is 19.4. The fraction of sp³-hybridized carbons (Fsp3) is 0.143. The molecule has 4 nitrogen and oxygen atoms in total. The van der Waals surface area contributed by atoms with Crippen LogP contribution in [-0.4, -0.2) is 20.9 Å². The van der Waals surface area contributed by atoms with Crippen molar-refractivity contribution >= 4 is 11.0 Å². The Labute approximate surface area is 117 Å². The van der Waals surface area contributed by atoms with Gasteiger partial charge < -0.3 is 9.30 Å². The molecular weight excluding hydrogens is 283 g/mol. The summed E-state index contributed by atoms with van der Waals surface area (Å²) in [5.41, 5.74) is 1.99. The number of ether oxygens (including phenoxy) is 1. The molecule has 3 rings (SSSR count). The zero-order chi connectivity index (χ0) is 15.0. The number of aryl methyl sites for hydroxylation is 1. The molecular formula is C14H10F3N3O. The molecule has 0 bridgehead atoms. The average molecular weight is 293 g/mol. The summed E-state index contributed by atoms with van der Waals surface area (Å²) in [6, 6.07) is 7.64. The molecule has 21 heavy (non-hydrogen) atoms. The van der Waals surface area contributed by atoms with E-state index in [1.165, 1.54) is 18.2 Å². The van der Waals surface area contributed by atoms with Crippen molar-refractivity contribution in [2.45, 2.75) is 6.36 Å². The molecule has 0 spiro atoms. The van der Waals surface area contributed by atoms with Gasteiger partial charge in [0.05, 0.1) is 11.0 Å². The third-order valence-electron chi connectivity index (χ3n) is 3.02. The van der Waals surface area contributed by atoms with Crippen LogP contribution >= 0.6 is 0 Å². The molecule has 2 aromatic heterocycles. The van der Waals surface area contributed by atoms with Crippen LogP contribution in [0.15, 0.2) is 42.7 Å². The number of nitrogens with zero attached hydrogens (tertiary/aromatic N) is 3. The predicted molar refractivity (Wildman–Crippen MR) is 70.6 cm³/mol. The monoisotopic (exact) mass is 293 g/mol. The molecule has 0 amide bonds. The van der Waals surface area contributed by atoms with E-state index in [9.17, 15) is 13.2 Å². The van der Waals surface area contributed by atoms with Crippen molar-refractivity contribution in [1.29, 1.82) is 0 Å². The van der Waals surface area contributed by atoms with Crippen LogP contribution < -0.4 is 4.74 Å². The average Bonchev–Trinajstić information content (AvgIpc) is 2.75. The lowest BCUT2D eigenvalue weighted by molar-refractivity contribution is -0.274. The minimum atomic E-state index is -4.71. The van der Waals surface area contributed by atoms with Gasteiger partial charge in [-0.05, 0) is 24.3 Å². The summed E-state index contributed by atoms with van der Waals surface area (Å²) in [5, 5.41) is 0. The SMILES string of the molecule is Cn1c(-c2ccncc2)nc2ccc(OC(F)(F)F)cc21. The Hall–Kier alpha value is -2.57. The van der Waals surface area contributed by atoms with Crippen molar-refractivity contribution in [1.82, 2.24) is 14.5 Å². The fourth-order valence-corrected chi connectivity index (χ4v) is 2.13. The van der Waals surface area contributed by atoms with Gasteiger partial charge in [-0.15, -0.1) is 13.2 Å². The minimum Gasteiger partial charge on any atom is -0.406 e. The van der Waals surface area contributed by atoms with Gasteiger partial charge in [-0.2, -0.15) is 0 Å².